The highest BCUT2D eigenvalue weighted by Gasteiger charge is 2.31. The van der Waals surface area contributed by atoms with Crippen LogP contribution in [0.2, 0.25) is 0 Å². The summed E-state index contributed by atoms with van der Waals surface area (Å²) in [7, 11) is 1.89. The molecular weight excluding hydrogens is 214 g/mol. The Bertz CT molecular complexity index is 363. The second-order valence-corrected chi connectivity index (χ2v) is 5.41. The van der Waals surface area contributed by atoms with Crippen molar-refractivity contribution in [3.8, 4) is 0 Å². The van der Waals surface area contributed by atoms with Crippen molar-refractivity contribution in [3.63, 3.8) is 0 Å². The molecule has 0 aliphatic heterocycles. The maximum Gasteiger partial charge on any atom is 0.138 e. The minimum absolute atomic E-state index is 0.565. The predicted molar refractivity (Wildman–Crippen MR) is 66.5 cm³/mol. The minimum atomic E-state index is -0.565. The Morgan fingerprint density at radius 2 is 2.29 bits per heavy atom. The first-order valence-corrected chi connectivity index (χ1v) is 6.68. The highest BCUT2D eigenvalue weighted by molar-refractivity contribution is 4.95. The molecule has 1 saturated carbocycles. The molecule has 0 aromatic carbocycles. The fraction of sp³-hybridized carbons (Fsp3) is 0.846. The van der Waals surface area contributed by atoms with E-state index in [0.29, 0.717) is 6.42 Å². The zero-order valence-corrected chi connectivity index (χ0v) is 10.9. The first-order chi connectivity index (χ1) is 8.13. The van der Waals surface area contributed by atoms with Gasteiger partial charge in [-0.3, -0.25) is 4.68 Å². The van der Waals surface area contributed by atoms with Crippen LogP contribution in [0.15, 0.2) is 6.33 Å². The Kier molecular flexibility index (Phi) is 3.82. The molecule has 0 bridgehead atoms. The predicted octanol–water partition coefficient (Wildman–Crippen LogP) is 2.08. The molecule has 1 aromatic rings. The molecule has 0 saturated heterocycles. The third-order valence-electron chi connectivity index (χ3n) is 4.14. The van der Waals surface area contributed by atoms with Crippen LogP contribution < -0.4 is 0 Å². The Morgan fingerprint density at radius 3 is 2.94 bits per heavy atom. The van der Waals surface area contributed by atoms with Gasteiger partial charge in [0.2, 0.25) is 0 Å². The summed E-state index contributed by atoms with van der Waals surface area (Å²) in [6.45, 7) is 2.25. The van der Waals surface area contributed by atoms with Crippen LogP contribution in [0.5, 0.6) is 0 Å². The highest BCUT2D eigenvalue weighted by Crippen LogP contribution is 2.33. The maximum absolute atomic E-state index is 10.7. The molecule has 0 spiro atoms. The quantitative estimate of drug-likeness (QED) is 0.819. The lowest BCUT2D eigenvalue weighted by atomic mass is 9.89. The van der Waals surface area contributed by atoms with E-state index >= 15 is 0 Å². The van der Waals surface area contributed by atoms with Crippen LogP contribution in [0.25, 0.3) is 0 Å². The number of aliphatic hydroxyl groups is 1. The summed E-state index contributed by atoms with van der Waals surface area (Å²) in [6.07, 6.45) is 8.77. The Balaban J connectivity index is 2.01. The van der Waals surface area contributed by atoms with Crippen LogP contribution in [0.4, 0.5) is 0 Å². The lowest BCUT2D eigenvalue weighted by Crippen LogP contribution is -2.32. The van der Waals surface area contributed by atoms with Gasteiger partial charge in [0.25, 0.3) is 0 Å². The maximum atomic E-state index is 10.7. The molecule has 1 aliphatic carbocycles. The van der Waals surface area contributed by atoms with Gasteiger partial charge in [-0.15, -0.1) is 0 Å². The van der Waals surface area contributed by atoms with Crippen molar-refractivity contribution in [3.05, 3.63) is 12.2 Å². The highest BCUT2D eigenvalue weighted by atomic mass is 16.3. The van der Waals surface area contributed by atoms with Gasteiger partial charge in [-0.1, -0.05) is 26.2 Å². The lowest BCUT2D eigenvalue weighted by molar-refractivity contribution is 0.0215. The second kappa shape index (κ2) is 5.17. The third kappa shape index (κ3) is 3.06. The summed E-state index contributed by atoms with van der Waals surface area (Å²) in [4.78, 5) is 4.22. The summed E-state index contributed by atoms with van der Waals surface area (Å²) in [6, 6.07) is 0. The van der Waals surface area contributed by atoms with Gasteiger partial charge in [0, 0.05) is 13.5 Å². The Morgan fingerprint density at radius 1 is 1.47 bits per heavy atom. The average molecular weight is 237 g/mol. The van der Waals surface area contributed by atoms with Gasteiger partial charge in [0.05, 0.1) is 5.60 Å². The molecule has 1 aromatic heterocycles. The zero-order chi connectivity index (χ0) is 12.3. The second-order valence-electron chi connectivity index (χ2n) is 5.41. The van der Waals surface area contributed by atoms with Crippen molar-refractivity contribution < 1.29 is 5.11 Å². The summed E-state index contributed by atoms with van der Waals surface area (Å²) in [5.41, 5.74) is -0.565. The normalized spacial score (nSPS) is 30.2. The van der Waals surface area contributed by atoms with E-state index in [9.17, 15) is 5.11 Å². The molecule has 4 nitrogen and oxygen atoms in total. The Hall–Kier alpha value is -0.900. The minimum Gasteiger partial charge on any atom is -0.389 e. The average Bonchev–Trinajstić information content (AvgIpc) is 2.60. The molecule has 96 valence electrons. The first kappa shape index (κ1) is 12.6. The molecule has 2 rings (SSSR count). The van der Waals surface area contributed by atoms with Crippen molar-refractivity contribution in [2.24, 2.45) is 13.0 Å². The smallest absolute Gasteiger partial charge is 0.138 e. The molecule has 0 radical (unpaired) electrons. The SMILES string of the molecule is CCC1CCCC(O)(Cc2ncnn2C)CC1. The van der Waals surface area contributed by atoms with E-state index < -0.39 is 5.60 Å². The summed E-state index contributed by atoms with van der Waals surface area (Å²) in [5.74, 6) is 1.69. The molecule has 4 heteroatoms. The zero-order valence-electron chi connectivity index (χ0n) is 10.9. The van der Waals surface area contributed by atoms with E-state index in [-0.39, 0.29) is 0 Å². The van der Waals surface area contributed by atoms with Crippen LogP contribution in [0.3, 0.4) is 0 Å². The van der Waals surface area contributed by atoms with Crippen molar-refractivity contribution in [2.45, 2.75) is 57.5 Å². The molecule has 1 fully saturated rings. The summed E-state index contributed by atoms with van der Waals surface area (Å²) < 4.78 is 1.76. The topological polar surface area (TPSA) is 50.9 Å². The largest absolute Gasteiger partial charge is 0.389 e. The van der Waals surface area contributed by atoms with Crippen LogP contribution in [0, 0.1) is 5.92 Å². The van der Waals surface area contributed by atoms with E-state index in [4.69, 9.17) is 0 Å². The lowest BCUT2D eigenvalue weighted by Gasteiger charge is -2.26. The van der Waals surface area contributed by atoms with Crippen LogP contribution >= 0.6 is 0 Å². The Labute approximate surface area is 103 Å². The number of aryl methyl sites for hydroxylation is 1. The number of aromatic nitrogens is 3. The van der Waals surface area contributed by atoms with Crippen LogP contribution in [-0.4, -0.2) is 25.5 Å². The number of nitrogens with zero attached hydrogens (tertiary/aromatic N) is 3. The molecular formula is C13H23N3O. The fourth-order valence-electron chi connectivity index (χ4n) is 2.82. The van der Waals surface area contributed by atoms with E-state index in [1.165, 1.54) is 12.8 Å². The van der Waals surface area contributed by atoms with Crippen LogP contribution in [-0.2, 0) is 13.5 Å². The van der Waals surface area contributed by atoms with Crippen molar-refractivity contribution in [2.75, 3.05) is 0 Å². The standard InChI is InChI=1S/C13H23N3O/c1-3-11-5-4-7-13(17,8-6-11)9-12-14-10-15-16(12)2/h10-11,17H,3-9H2,1-2H3. The van der Waals surface area contributed by atoms with E-state index in [1.807, 2.05) is 7.05 Å². The molecule has 1 heterocycles. The van der Waals surface area contributed by atoms with Gasteiger partial charge in [-0.25, -0.2) is 4.98 Å². The molecule has 0 amide bonds. The molecule has 2 atom stereocenters. The van der Waals surface area contributed by atoms with Gasteiger partial charge in [-0.05, 0) is 25.2 Å². The molecule has 1 aliphatic rings. The third-order valence-corrected chi connectivity index (χ3v) is 4.14. The van der Waals surface area contributed by atoms with Gasteiger partial charge in [0.1, 0.15) is 12.2 Å². The van der Waals surface area contributed by atoms with E-state index in [2.05, 4.69) is 17.0 Å². The van der Waals surface area contributed by atoms with Gasteiger partial charge >= 0.3 is 0 Å². The summed E-state index contributed by atoms with van der Waals surface area (Å²) in [5, 5.41) is 14.7. The van der Waals surface area contributed by atoms with Gasteiger partial charge in [-0.2, -0.15) is 5.10 Å². The fourth-order valence-corrected chi connectivity index (χ4v) is 2.82. The van der Waals surface area contributed by atoms with Crippen molar-refractivity contribution in [1.82, 2.24) is 14.8 Å². The molecule has 1 N–H and O–H groups in total. The number of hydrogen-bond acceptors (Lipinski definition) is 3. The van der Waals surface area contributed by atoms with Crippen molar-refractivity contribution >= 4 is 0 Å². The van der Waals surface area contributed by atoms with E-state index in [1.54, 1.807) is 11.0 Å². The number of hydrogen-bond donors (Lipinski definition) is 1. The van der Waals surface area contributed by atoms with E-state index in [0.717, 1.165) is 37.4 Å². The molecule has 2 unspecified atom stereocenters. The molecule has 17 heavy (non-hydrogen) atoms. The monoisotopic (exact) mass is 237 g/mol. The van der Waals surface area contributed by atoms with Gasteiger partial charge in [0.15, 0.2) is 0 Å². The van der Waals surface area contributed by atoms with Crippen molar-refractivity contribution in [1.29, 1.82) is 0 Å². The summed E-state index contributed by atoms with van der Waals surface area (Å²) >= 11 is 0. The van der Waals surface area contributed by atoms with Gasteiger partial charge < -0.3 is 5.11 Å². The van der Waals surface area contributed by atoms with Crippen LogP contribution in [0.1, 0.15) is 51.3 Å². The number of rotatable bonds is 3. The first-order valence-electron chi connectivity index (χ1n) is 6.68.